The van der Waals surface area contributed by atoms with Crippen LogP contribution in [0.1, 0.15) is 45.0 Å². The molecule has 2 aromatic rings. The monoisotopic (exact) mass is 401 g/mol. The normalized spacial score (nSPS) is 12.6. The number of rotatable bonds is 8. The molecule has 4 nitrogen and oxygen atoms in total. The first-order chi connectivity index (χ1) is 13.2. The Labute approximate surface area is 172 Å². The molecule has 0 spiro atoms. The zero-order valence-corrected chi connectivity index (χ0v) is 18.6. The van der Waals surface area contributed by atoms with Crippen molar-refractivity contribution in [3.63, 3.8) is 0 Å². The van der Waals surface area contributed by atoms with Crippen LogP contribution in [0.4, 0.5) is 0 Å². The third kappa shape index (κ3) is 5.07. The summed E-state index contributed by atoms with van der Waals surface area (Å²) in [5.74, 6) is 1.70. The number of amides is 1. The molecular weight excluding hydrogens is 370 g/mol. The molecule has 2 aromatic carbocycles. The van der Waals surface area contributed by atoms with Crippen LogP contribution in [0.25, 0.3) is 10.8 Å². The van der Waals surface area contributed by atoms with Crippen molar-refractivity contribution in [1.29, 1.82) is 0 Å². The minimum Gasteiger partial charge on any atom is -0.496 e. The average Bonchev–Trinajstić information content (AvgIpc) is 2.65. The Morgan fingerprint density at radius 2 is 1.75 bits per heavy atom. The highest BCUT2D eigenvalue weighted by Gasteiger charge is 2.33. The number of carbonyl (C=O) groups is 2. The summed E-state index contributed by atoms with van der Waals surface area (Å²) in [6, 6.07) is 11.6. The van der Waals surface area contributed by atoms with Crippen LogP contribution in [-0.4, -0.2) is 47.8 Å². The molecule has 0 aliphatic carbocycles. The predicted octanol–water partition coefficient (Wildman–Crippen LogP) is 5.05. The van der Waals surface area contributed by atoms with Gasteiger partial charge in [0.05, 0.1) is 12.4 Å². The largest absolute Gasteiger partial charge is 0.496 e. The molecule has 28 heavy (non-hydrogen) atoms. The highest BCUT2D eigenvalue weighted by molar-refractivity contribution is 8.00. The van der Waals surface area contributed by atoms with Crippen LogP contribution in [0.3, 0.4) is 0 Å². The molecule has 0 fully saturated rings. The highest BCUT2D eigenvalue weighted by Crippen LogP contribution is 2.36. The van der Waals surface area contributed by atoms with E-state index in [1.54, 1.807) is 30.7 Å². The van der Waals surface area contributed by atoms with Crippen molar-refractivity contribution in [2.24, 2.45) is 5.41 Å². The van der Waals surface area contributed by atoms with Crippen LogP contribution in [0, 0.1) is 5.41 Å². The van der Waals surface area contributed by atoms with Crippen molar-refractivity contribution in [2.75, 3.05) is 26.0 Å². The van der Waals surface area contributed by atoms with Crippen LogP contribution < -0.4 is 4.74 Å². The minimum absolute atomic E-state index is 0.0721. The number of methoxy groups -OCH3 is 1. The second kappa shape index (κ2) is 9.46. The molecule has 0 aliphatic rings. The molecule has 152 valence electrons. The number of thioether (sulfide) groups is 1. The van der Waals surface area contributed by atoms with Crippen molar-refractivity contribution in [1.82, 2.24) is 4.90 Å². The Morgan fingerprint density at radius 3 is 2.29 bits per heavy atom. The fourth-order valence-electron chi connectivity index (χ4n) is 3.34. The summed E-state index contributed by atoms with van der Waals surface area (Å²) in [7, 11) is 1.64. The molecular formula is C23H31NO3S. The van der Waals surface area contributed by atoms with Crippen molar-refractivity contribution >= 4 is 34.2 Å². The number of carbonyl (C=O) groups excluding carboxylic acids is 2. The lowest BCUT2D eigenvalue weighted by Gasteiger charge is -2.30. The summed E-state index contributed by atoms with van der Waals surface area (Å²) in [6.45, 7) is 11.2. The van der Waals surface area contributed by atoms with E-state index in [0.717, 1.165) is 27.8 Å². The highest BCUT2D eigenvalue weighted by atomic mass is 32.2. The molecule has 5 heteroatoms. The van der Waals surface area contributed by atoms with Crippen LogP contribution in [0.2, 0.25) is 0 Å². The molecule has 0 aliphatic heterocycles. The maximum absolute atomic E-state index is 13.5. The van der Waals surface area contributed by atoms with E-state index < -0.39 is 0 Å². The van der Waals surface area contributed by atoms with E-state index in [0.29, 0.717) is 13.1 Å². The zero-order chi connectivity index (χ0) is 20.9. The van der Waals surface area contributed by atoms with Gasteiger partial charge in [0.2, 0.25) is 5.91 Å². The van der Waals surface area contributed by atoms with Gasteiger partial charge in [-0.2, -0.15) is 0 Å². The number of nitrogens with zero attached hydrogens (tertiary/aromatic N) is 1. The minimum atomic E-state index is -0.199. The summed E-state index contributed by atoms with van der Waals surface area (Å²) in [5, 5.41) is 1.66. The zero-order valence-electron chi connectivity index (χ0n) is 17.7. The quantitative estimate of drug-likeness (QED) is 0.581. The number of fused-ring (bicyclic) bond motifs is 1. The Bertz CT molecular complexity index is 841. The maximum Gasteiger partial charge on any atom is 0.219 e. The van der Waals surface area contributed by atoms with Gasteiger partial charge in [-0.1, -0.05) is 45.0 Å². The van der Waals surface area contributed by atoms with Gasteiger partial charge in [-0.25, -0.2) is 0 Å². The van der Waals surface area contributed by atoms with Crippen LogP contribution in [-0.2, 0) is 4.79 Å². The molecule has 1 atom stereocenters. The molecule has 0 bridgehead atoms. The standard InChI is InChI=1S/C23H31NO3S/c1-7-24(16(2)25)14-15-28-22(23(3,4)5)21(26)19-12-13-20(27-6)18-11-9-8-10-17(18)19/h8-13,22H,7,14-15H2,1-6H3. The first-order valence-corrected chi connectivity index (χ1v) is 10.7. The van der Waals surface area contributed by atoms with E-state index in [1.807, 2.05) is 43.3 Å². The smallest absolute Gasteiger partial charge is 0.219 e. The summed E-state index contributed by atoms with van der Waals surface area (Å²) in [6.07, 6.45) is 0. The first-order valence-electron chi connectivity index (χ1n) is 9.67. The van der Waals surface area contributed by atoms with Gasteiger partial charge in [-0.05, 0) is 29.9 Å². The van der Waals surface area contributed by atoms with Gasteiger partial charge >= 0.3 is 0 Å². The van der Waals surface area contributed by atoms with Gasteiger partial charge in [0.1, 0.15) is 5.75 Å². The van der Waals surface area contributed by atoms with E-state index in [9.17, 15) is 9.59 Å². The molecule has 0 heterocycles. The molecule has 2 rings (SSSR count). The van der Waals surface area contributed by atoms with Gasteiger partial charge in [-0.15, -0.1) is 11.8 Å². The fraction of sp³-hybridized carbons (Fsp3) is 0.478. The Kier molecular flexibility index (Phi) is 7.53. The van der Waals surface area contributed by atoms with Crippen molar-refractivity contribution in [2.45, 2.75) is 39.9 Å². The predicted molar refractivity (Wildman–Crippen MR) is 118 cm³/mol. The molecule has 0 radical (unpaired) electrons. The number of Topliss-reactive ketones (excluding diaryl/α,β-unsaturated/α-hetero) is 1. The Morgan fingerprint density at radius 1 is 1.11 bits per heavy atom. The van der Waals surface area contributed by atoms with Crippen molar-refractivity contribution < 1.29 is 14.3 Å². The van der Waals surface area contributed by atoms with E-state index in [4.69, 9.17) is 4.74 Å². The Balaban J connectivity index is 2.32. The average molecular weight is 402 g/mol. The lowest BCUT2D eigenvalue weighted by molar-refractivity contribution is -0.128. The molecule has 1 amide bonds. The Hall–Kier alpha value is -2.01. The van der Waals surface area contributed by atoms with Gasteiger partial charge in [0.15, 0.2) is 5.78 Å². The molecule has 0 N–H and O–H groups in total. The van der Waals surface area contributed by atoms with Gasteiger partial charge in [0, 0.05) is 36.7 Å². The van der Waals surface area contributed by atoms with Crippen LogP contribution >= 0.6 is 11.8 Å². The summed E-state index contributed by atoms with van der Waals surface area (Å²) in [4.78, 5) is 27.0. The summed E-state index contributed by atoms with van der Waals surface area (Å²) in [5.41, 5.74) is 0.526. The number of ketones is 1. The van der Waals surface area contributed by atoms with E-state index in [1.165, 1.54) is 0 Å². The second-order valence-electron chi connectivity index (χ2n) is 7.94. The summed E-state index contributed by atoms with van der Waals surface area (Å²) < 4.78 is 5.46. The third-order valence-electron chi connectivity index (χ3n) is 4.87. The SMILES string of the molecule is CCN(CCSC(C(=O)c1ccc(OC)c2ccccc12)C(C)(C)C)C(C)=O. The van der Waals surface area contributed by atoms with Gasteiger partial charge < -0.3 is 9.64 Å². The number of hydrogen-bond donors (Lipinski definition) is 0. The maximum atomic E-state index is 13.5. The summed E-state index contributed by atoms with van der Waals surface area (Å²) >= 11 is 1.64. The second-order valence-corrected chi connectivity index (χ2v) is 9.15. The number of hydrogen-bond acceptors (Lipinski definition) is 4. The topological polar surface area (TPSA) is 46.6 Å². The van der Waals surface area contributed by atoms with Crippen LogP contribution in [0.15, 0.2) is 36.4 Å². The molecule has 0 aromatic heterocycles. The fourth-order valence-corrected chi connectivity index (χ4v) is 4.68. The lowest BCUT2D eigenvalue weighted by atomic mass is 9.86. The molecule has 0 saturated heterocycles. The van der Waals surface area contributed by atoms with Crippen molar-refractivity contribution in [3.05, 3.63) is 42.0 Å². The molecule has 0 saturated carbocycles. The van der Waals surface area contributed by atoms with E-state index in [2.05, 4.69) is 20.8 Å². The van der Waals surface area contributed by atoms with Crippen molar-refractivity contribution in [3.8, 4) is 5.75 Å². The third-order valence-corrected chi connectivity index (χ3v) is 6.54. The van der Waals surface area contributed by atoms with E-state index in [-0.39, 0.29) is 22.4 Å². The number of benzene rings is 2. The van der Waals surface area contributed by atoms with E-state index >= 15 is 0 Å². The van der Waals surface area contributed by atoms with Gasteiger partial charge in [0.25, 0.3) is 0 Å². The molecule has 1 unspecified atom stereocenters. The van der Waals surface area contributed by atoms with Crippen LogP contribution in [0.5, 0.6) is 5.75 Å². The first kappa shape index (κ1) is 22.3. The van der Waals surface area contributed by atoms with Gasteiger partial charge in [-0.3, -0.25) is 9.59 Å². The lowest BCUT2D eigenvalue weighted by Crippen LogP contribution is -2.35. The number of ether oxygens (including phenoxy) is 1.